The molecular formula is C24H38N4O3S. The van der Waals surface area contributed by atoms with Crippen LogP contribution < -0.4 is 15.6 Å². The number of hydrogen-bond acceptors (Lipinski definition) is 5. The summed E-state index contributed by atoms with van der Waals surface area (Å²) in [4.78, 5) is 20.2. The molecule has 0 aliphatic rings. The fraction of sp³-hybridized carbons (Fsp3) is 0.583. The molecule has 0 fully saturated rings. The number of hydrogen-bond donors (Lipinski definition) is 2. The number of rotatable bonds is 14. The molecule has 0 radical (unpaired) electrons. The van der Waals surface area contributed by atoms with Crippen LogP contribution in [-0.4, -0.2) is 72.9 Å². The third-order valence-electron chi connectivity index (χ3n) is 5.52. The number of aromatic amines is 1. The molecular weight excluding hydrogens is 424 g/mol. The Labute approximate surface area is 197 Å². The van der Waals surface area contributed by atoms with Gasteiger partial charge in [0.25, 0.3) is 5.56 Å². The minimum absolute atomic E-state index is 0.0874. The van der Waals surface area contributed by atoms with Crippen molar-refractivity contribution in [2.75, 3.05) is 53.0 Å². The molecule has 0 aliphatic carbocycles. The number of fused-ring (bicyclic) bond motifs is 1. The van der Waals surface area contributed by atoms with E-state index in [2.05, 4.69) is 33.9 Å². The highest BCUT2D eigenvalue weighted by Gasteiger charge is 2.14. The maximum absolute atomic E-state index is 12.8. The van der Waals surface area contributed by atoms with Crippen LogP contribution in [0.15, 0.2) is 29.1 Å². The molecule has 1 aromatic heterocycles. The Kier molecular flexibility index (Phi) is 11.5. The fourth-order valence-corrected chi connectivity index (χ4v) is 3.84. The standard InChI is InChI=1S/C24H38N4O3S/c1-5-27(6-2)13-9-14-28(24(32)25-12-8-15-31-7-3)18-20-16-19-17-21(30-4)10-11-22(19)26-23(20)29/h10-11,16-17H,5-9,12-15,18H2,1-4H3,(H,25,32)(H,26,29). The second-order valence-electron chi connectivity index (χ2n) is 7.66. The number of thiocarbonyl (C=S) groups is 1. The molecule has 0 amide bonds. The Morgan fingerprint density at radius 1 is 1.12 bits per heavy atom. The summed E-state index contributed by atoms with van der Waals surface area (Å²) in [6, 6.07) is 7.58. The second kappa shape index (κ2) is 14.1. The summed E-state index contributed by atoms with van der Waals surface area (Å²) in [6.07, 6.45) is 1.86. The lowest BCUT2D eigenvalue weighted by Crippen LogP contribution is -2.42. The molecule has 1 heterocycles. The van der Waals surface area contributed by atoms with Gasteiger partial charge in [-0.3, -0.25) is 4.79 Å². The van der Waals surface area contributed by atoms with E-state index in [0.29, 0.717) is 23.8 Å². The van der Waals surface area contributed by atoms with Crippen LogP contribution in [-0.2, 0) is 11.3 Å². The van der Waals surface area contributed by atoms with Gasteiger partial charge >= 0.3 is 0 Å². The van der Waals surface area contributed by atoms with Crippen molar-refractivity contribution in [2.45, 2.75) is 40.2 Å². The second-order valence-corrected chi connectivity index (χ2v) is 8.05. The van der Waals surface area contributed by atoms with Crippen molar-refractivity contribution in [1.29, 1.82) is 0 Å². The summed E-state index contributed by atoms with van der Waals surface area (Å²) in [5.74, 6) is 0.762. The van der Waals surface area contributed by atoms with Gasteiger partial charge < -0.3 is 29.6 Å². The van der Waals surface area contributed by atoms with Crippen molar-refractivity contribution in [2.24, 2.45) is 0 Å². The predicted octanol–water partition coefficient (Wildman–Crippen LogP) is 3.37. The van der Waals surface area contributed by atoms with Crippen molar-refractivity contribution in [3.05, 3.63) is 40.2 Å². The number of benzene rings is 1. The molecule has 32 heavy (non-hydrogen) atoms. The lowest BCUT2D eigenvalue weighted by molar-refractivity contribution is 0.145. The fourth-order valence-electron chi connectivity index (χ4n) is 3.58. The Morgan fingerprint density at radius 3 is 2.59 bits per heavy atom. The average molecular weight is 463 g/mol. The highest BCUT2D eigenvalue weighted by atomic mass is 32.1. The van der Waals surface area contributed by atoms with E-state index >= 15 is 0 Å². The van der Waals surface area contributed by atoms with Crippen LogP contribution in [0, 0.1) is 0 Å². The maximum atomic E-state index is 12.8. The molecule has 1 aromatic carbocycles. The molecule has 2 aromatic rings. The van der Waals surface area contributed by atoms with Crippen LogP contribution in [0.1, 0.15) is 39.2 Å². The topological polar surface area (TPSA) is 69.8 Å². The summed E-state index contributed by atoms with van der Waals surface area (Å²) in [6.45, 7) is 12.8. The summed E-state index contributed by atoms with van der Waals surface area (Å²) >= 11 is 5.70. The van der Waals surface area contributed by atoms with E-state index in [0.717, 1.165) is 68.8 Å². The van der Waals surface area contributed by atoms with Crippen LogP contribution in [0.2, 0.25) is 0 Å². The van der Waals surface area contributed by atoms with Gasteiger partial charge in [0.15, 0.2) is 5.11 Å². The van der Waals surface area contributed by atoms with Crippen LogP contribution >= 0.6 is 12.2 Å². The van der Waals surface area contributed by atoms with E-state index in [4.69, 9.17) is 21.7 Å². The van der Waals surface area contributed by atoms with Crippen LogP contribution in [0.5, 0.6) is 5.75 Å². The molecule has 0 atom stereocenters. The lowest BCUT2D eigenvalue weighted by Gasteiger charge is -2.27. The van der Waals surface area contributed by atoms with E-state index in [-0.39, 0.29) is 5.56 Å². The summed E-state index contributed by atoms with van der Waals surface area (Å²) in [5.41, 5.74) is 1.40. The van der Waals surface area contributed by atoms with Gasteiger partial charge in [-0.05, 0) is 75.9 Å². The zero-order valence-electron chi connectivity index (χ0n) is 19.9. The van der Waals surface area contributed by atoms with Gasteiger partial charge in [0.2, 0.25) is 0 Å². The average Bonchev–Trinajstić information content (AvgIpc) is 2.80. The number of nitrogens with one attached hydrogen (secondary N) is 2. The zero-order valence-corrected chi connectivity index (χ0v) is 20.7. The van der Waals surface area contributed by atoms with Crippen molar-refractivity contribution in [3.63, 3.8) is 0 Å². The molecule has 8 heteroatoms. The number of aromatic nitrogens is 1. The predicted molar refractivity (Wildman–Crippen MR) is 136 cm³/mol. The van der Waals surface area contributed by atoms with Gasteiger partial charge in [0.05, 0.1) is 13.7 Å². The van der Waals surface area contributed by atoms with Crippen molar-refractivity contribution < 1.29 is 9.47 Å². The van der Waals surface area contributed by atoms with E-state index < -0.39 is 0 Å². The van der Waals surface area contributed by atoms with Crippen molar-refractivity contribution in [3.8, 4) is 5.75 Å². The third-order valence-corrected chi connectivity index (χ3v) is 5.92. The minimum Gasteiger partial charge on any atom is -0.497 e. The van der Waals surface area contributed by atoms with Gasteiger partial charge in [-0.25, -0.2) is 0 Å². The summed E-state index contributed by atoms with van der Waals surface area (Å²) in [5, 5.41) is 4.95. The largest absolute Gasteiger partial charge is 0.497 e. The number of pyridine rings is 1. The number of H-pyrrole nitrogens is 1. The first kappa shape index (κ1) is 26.1. The minimum atomic E-state index is -0.0874. The first-order valence-corrected chi connectivity index (χ1v) is 12.0. The normalized spacial score (nSPS) is 11.2. The molecule has 0 bridgehead atoms. The Morgan fingerprint density at radius 2 is 1.91 bits per heavy atom. The van der Waals surface area contributed by atoms with Crippen LogP contribution in [0.4, 0.5) is 0 Å². The van der Waals surface area contributed by atoms with E-state index in [9.17, 15) is 4.79 Å². The number of ether oxygens (including phenoxy) is 2. The highest BCUT2D eigenvalue weighted by Crippen LogP contribution is 2.19. The smallest absolute Gasteiger partial charge is 0.253 e. The van der Waals surface area contributed by atoms with E-state index in [1.165, 1.54) is 0 Å². The molecule has 178 valence electrons. The Hall–Kier alpha value is -2.16. The van der Waals surface area contributed by atoms with Gasteiger partial charge in [0, 0.05) is 42.8 Å². The zero-order chi connectivity index (χ0) is 23.3. The third kappa shape index (κ3) is 8.07. The maximum Gasteiger partial charge on any atom is 0.253 e. The van der Waals surface area contributed by atoms with Crippen LogP contribution in [0.3, 0.4) is 0 Å². The molecule has 2 rings (SSSR count). The highest BCUT2D eigenvalue weighted by molar-refractivity contribution is 7.80. The molecule has 0 unspecified atom stereocenters. The van der Waals surface area contributed by atoms with Gasteiger partial charge in [0.1, 0.15) is 5.75 Å². The lowest BCUT2D eigenvalue weighted by atomic mass is 10.1. The van der Waals surface area contributed by atoms with Gasteiger partial charge in [-0.1, -0.05) is 13.8 Å². The number of nitrogens with zero attached hydrogens (tertiary/aromatic N) is 2. The first-order valence-electron chi connectivity index (χ1n) is 11.5. The first-order chi connectivity index (χ1) is 15.5. The summed E-state index contributed by atoms with van der Waals surface area (Å²) in [7, 11) is 1.64. The molecule has 0 saturated heterocycles. The Bertz CT molecular complexity index is 898. The van der Waals surface area contributed by atoms with E-state index in [1.54, 1.807) is 7.11 Å². The van der Waals surface area contributed by atoms with Crippen molar-refractivity contribution in [1.82, 2.24) is 20.1 Å². The monoisotopic (exact) mass is 462 g/mol. The van der Waals surface area contributed by atoms with Gasteiger partial charge in [-0.2, -0.15) is 0 Å². The van der Waals surface area contributed by atoms with Crippen LogP contribution in [0.25, 0.3) is 10.9 Å². The Balaban J connectivity index is 2.13. The van der Waals surface area contributed by atoms with Gasteiger partial charge in [-0.15, -0.1) is 0 Å². The van der Waals surface area contributed by atoms with E-state index in [1.807, 2.05) is 31.2 Å². The summed E-state index contributed by atoms with van der Waals surface area (Å²) < 4.78 is 10.7. The molecule has 7 nitrogen and oxygen atoms in total. The molecule has 2 N–H and O–H groups in total. The van der Waals surface area contributed by atoms with Crippen molar-refractivity contribution >= 4 is 28.2 Å². The molecule has 0 spiro atoms. The SMILES string of the molecule is CCOCCCNC(=S)N(CCCN(CC)CC)Cc1cc2cc(OC)ccc2[nH]c1=O. The molecule has 0 saturated carbocycles. The quantitative estimate of drug-likeness (QED) is 0.329. The number of methoxy groups -OCH3 is 1. The molecule has 0 aliphatic heterocycles.